The smallest absolute Gasteiger partial charge is 0.274 e. The van der Waals surface area contributed by atoms with Crippen LogP contribution in [0.5, 0.6) is 0 Å². The molecular weight excluding hydrogens is 418 g/mol. The van der Waals surface area contributed by atoms with Gasteiger partial charge in [-0.15, -0.1) is 0 Å². The topological polar surface area (TPSA) is 110 Å². The number of nitrogens with zero attached hydrogens (tertiary/aromatic N) is 2. The number of sulfone groups is 1. The van der Waals surface area contributed by atoms with Crippen molar-refractivity contribution < 1.29 is 22.4 Å². The van der Waals surface area contributed by atoms with Gasteiger partial charge in [-0.2, -0.15) is 0 Å². The normalized spacial score (nSPS) is 17.2. The highest BCUT2D eigenvalue weighted by Gasteiger charge is 2.35. The van der Waals surface area contributed by atoms with Gasteiger partial charge in [0.05, 0.1) is 24.3 Å². The number of carbonyl (C=O) groups is 2. The molecule has 1 atom stereocenters. The van der Waals surface area contributed by atoms with Crippen molar-refractivity contribution in [2.75, 3.05) is 16.8 Å². The first-order valence-corrected chi connectivity index (χ1v) is 11.6. The number of aromatic nitrogens is 1. The van der Waals surface area contributed by atoms with Crippen molar-refractivity contribution >= 4 is 27.3 Å². The Morgan fingerprint density at radius 2 is 1.90 bits per heavy atom. The Labute approximate surface area is 179 Å². The van der Waals surface area contributed by atoms with Crippen LogP contribution in [0, 0.1) is 0 Å². The molecule has 2 amide bonds. The molecule has 4 rings (SSSR count). The zero-order valence-electron chi connectivity index (χ0n) is 16.6. The highest BCUT2D eigenvalue weighted by Crippen LogP contribution is 2.23. The quantitative estimate of drug-likeness (QED) is 0.633. The monoisotopic (exact) mass is 439 g/mol. The summed E-state index contributed by atoms with van der Waals surface area (Å²) in [6.45, 7) is 0.185. The summed E-state index contributed by atoms with van der Waals surface area (Å²) in [7, 11) is -3.16. The molecule has 31 heavy (non-hydrogen) atoms. The molecule has 0 bridgehead atoms. The van der Waals surface area contributed by atoms with Gasteiger partial charge in [0.1, 0.15) is 11.5 Å². The van der Waals surface area contributed by atoms with Crippen LogP contribution < -0.4 is 5.32 Å². The van der Waals surface area contributed by atoms with Gasteiger partial charge in [0.25, 0.3) is 11.8 Å². The van der Waals surface area contributed by atoms with Crippen LogP contribution in [0.2, 0.25) is 0 Å². The van der Waals surface area contributed by atoms with Crippen LogP contribution in [-0.2, 0) is 16.4 Å². The number of hydrogen-bond acceptors (Lipinski definition) is 6. The van der Waals surface area contributed by atoms with Gasteiger partial charge in [-0.25, -0.2) is 8.42 Å². The number of pyridine rings is 1. The predicted octanol–water partition coefficient (Wildman–Crippen LogP) is 2.76. The van der Waals surface area contributed by atoms with Gasteiger partial charge in [-0.1, -0.05) is 6.07 Å². The molecule has 8 nitrogen and oxygen atoms in total. The molecule has 0 saturated carbocycles. The Bertz CT molecular complexity index is 1160. The van der Waals surface area contributed by atoms with Crippen LogP contribution in [0.4, 0.5) is 5.69 Å². The number of anilines is 1. The fourth-order valence-electron chi connectivity index (χ4n) is 3.51. The van der Waals surface area contributed by atoms with Gasteiger partial charge in [-0.3, -0.25) is 14.6 Å². The standard InChI is InChI=1S/C22H21N3O5S/c26-21(20-5-1-2-11-23-20)24-17-8-6-16(7-9-17)22(27)25(14-19-4-3-12-30-19)18-10-13-31(28,29)15-18/h1-9,11-12,18H,10,13-15H2,(H,24,26). The van der Waals surface area contributed by atoms with E-state index in [1.165, 1.54) is 12.5 Å². The van der Waals surface area contributed by atoms with E-state index in [9.17, 15) is 18.0 Å². The number of furan rings is 1. The molecule has 1 aliphatic heterocycles. The SMILES string of the molecule is O=C(Nc1ccc(C(=O)N(Cc2ccco2)C2CCS(=O)(=O)C2)cc1)c1ccccn1. The summed E-state index contributed by atoms with van der Waals surface area (Å²) in [6.07, 6.45) is 3.45. The summed E-state index contributed by atoms with van der Waals surface area (Å²) >= 11 is 0. The van der Waals surface area contributed by atoms with Crippen molar-refractivity contribution in [2.45, 2.75) is 19.0 Å². The number of hydrogen-bond donors (Lipinski definition) is 1. The summed E-state index contributed by atoms with van der Waals surface area (Å²) in [6, 6.07) is 14.6. The minimum atomic E-state index is -3.16. The maximum Gasteiger partial charge on any atom is 0.274 e. The molecule has 1 saturated heterocycles. The lowest BCUT2D eigenvalue weighted by atomic mass is 10.1. The molecule has 3 heterocycles. The van der Waals surface area contributed by atoms with E-state index in [1.807, 2.05) is 0 Å². The fraction of sp³-hybridized carbons (Fsp3) is 0.227. The van der Waals surface area contributed by atoms with Crippen LogP contribution in [0.3, 0.4) is 0 Å². The minimum absolute atomic E-state index is 0.0579. The molecule has 160 valence electrons. The van der Waals surface area contributed by atoms with E-state index in [4.69, 9.17) is 4.42 Å². The third-order valence-electron chi connectivity index (χ3n) is 5.10. The second kappa shape index (κ2) is 8.73. The van der Waals surface area contributed by atoms with E-state index in [2.05, 4.69) is 10.3 Å². The summed E-state index contributed by atoms with van der Waals surface area (Å²) in [5, 5.41) is 2.74. The van der Waals surface area contributed by atoms with Crippen LogP contribution in [-0.4, -0.2) is 47.7 Å². The van der Waals surface area contributed by atoms with E-state index in [-0.39, 0.29) is 35.6 Å². The molecule has 0 spiro atoms. The molecule has 3 aromatic rings. The summed E-state index contributed by atoms with van der Waals surface area (Å²) in [4.78, 5) is 31.0. The van der Waals surface area contributed by atoms with E-state index in [1.54, 1.807) is 59.5 Å². The molecule has 1 aliphatic rings. The molecule has 0 aliphatic carbocycles. The largest absolute Gasteiger partial charge is 0.467 e. The van der Waals surface area contributed by atoms with Crippen molar-refractivity contribution in [3.63, 3.8) is 0 Å². The van der Waals surface area contributed by atoms with Gasteiger partial charge in [0.15, 0.2) is 9.84 Å². The van der Waals surface area contributed by atoms with Gasteiger partial charge in [0.2, 0.25) is 0 Å². The number of nitrogens with one attached hydrogen (secondary N) is 1. The Morgan fingerprint density at radius 1 is 1.10 bits per heavy atom. The van der Waals surface area contributed by atoms with Gasteiger partial charge < -0.3 is 14.6 Å². The molecule has 1 aromatic carbocycles. The summed E-state index contributed by atoms with van der Waals surface area (Å²) in [5.41, 5.74) is 1.20. The van der Waals surface area contributed by atoms with E-state index in [0.717, 1.165) is 0 Å². The first-order chi connectivity index (χ1) is 14.9. The molecular formula is C22H21N3O5S. The van der Waals surface area contributed by atoms with Crippen molar-refractivity contribution in [1.82, 2.24) is 9.88 Å². The first kappa shape index (κ1) is 20.8. The number of carbonyl (C=O) groups excluding carboxylic acids is 2. The average Bonchev–Trinajstić information content (AvgIpc) is 3.41. The molecule has 9 heteroatoms. The number of rotatable bonds is 6. The van der Waals surface area contributed by atoms with E-state index < -0.39 is 15.9 Å². The van der Waals surface area contributed by atoms with Gasteiger partial charge in [-0.05, 0) is 55.0 Å². The van der Waals surface area contributed by atoms with E-state index >= 15 is 0 Å². The van der Waals surface area contributed by atoms with Gasteiger partial charge in [0, 0.05) is 23.5 Å². The molecule has 2 aromatic heterocycles. The average molecular weight is 439 g/mol. The molecule has 1 unspecified atom stereocenters. The third-order valence-corrected chi connectivity index (χ3v) is 6.85. The maximum absolute atomic E-state index is 13.2. The highest BCUT2D eigenvalue weighted by molar-refractivity contribution is 7.91. The Morgan fingerprint density at radius 3 is 2.52 bits per heavy atom. The van der Waals surface area contributed by atoms with Gasteiger partial charge >= 0.3 is 0 Å². The van der Waals surface area contributed by atoms with Crippen LogP contribution >= 0.6 is 0 Å². The lowest BCUT2D eigenvalue weighted by Crippen LogP contribution is -2.40. The predicted molar refractivity (Wildman–Crippen MR) is 114 cm³/mol. The lowest BCUT2D eigenvalue weighted by molar-refractivity contribution is 0.0666. The third kappa shape index (κ3) is 5.00. The fourth-order valence-corrected chi connectivity index (χ4v) is 5.24. The Kier molecular flexibility index (Phi) is 5.85. The summed E-state index contributed by atoms with van der Waals surface area (Å²) < 4.78 is 29.3. The molecule has 0 radical (unpaired) electrons. The van der Waals surface area contributed by atoms with E-state index in [0.29, 0.717) is 23.4 Å². The highest BCUT2D eigenvalue weighted by atomic mass is 32.2. The zero-order valence-corrected chi connectivity index (χ0v) is 17.4. The Balaban J connectivity index is 1.50. The van der Waals surface area contributed by atoms with Crippen molar-refractivity contribution in [3.05, 3.63) is 84.1 Å². The second-order valence-electron chi connectivity index (χ2n) is 7.32. The van der Waals surface area contributed by atoms with Crippen LogP contribution in [0.15, 0.2) is 71.5 Å². The van der Waals surface area contributed by atoms with Crippen LogP contribution in [0.1, 0.15) is 33.0 Å². The zero-order chi connectivity index (χ0) is 21.8. The molecule has 1 fully saturated rings. The van der Waals surface area contributed by atoms with Crippen molar-refractivity contribution in [1.29, 1.82) is 0 Å². The first-order valence-electron chi connectivity index (χ1n) is 9.77. The summed E-state index contributed by atoms with van der Waals surface area (Å²) in [5.74, 6) is -0.0521. The molecule has 1 N–H and O–H groups in total. The maximum atomic E-state index is 13.2. The van der Waals surface area contributed by atoms with Crippen LogP contribution in [0.25, 0.3) is 0 Å². The Hall–Kier alpha value is -3.46. The number of benzene rings is 1. The lowest BCUT2D eigenvalue weighted by Gasteiger charge is -2.27. The minimum Gasteiger partial charge on any atom is -0.467 e. The second-order valence-corrected chi connectivity index (χ2v) is 9.54. The van der Waals surface area contributed by atoms with Crippen molar-refractivity contribution in [3.8, 4) is 0 Å². The number of amides is 2. The van der Waals surface area contributed by atoms with Crippen molar-refractivity contribution in [2.24, 2.45) is 0 Å².